The zero-order chi connectivity index (χ0) is 12.9. The van der Waals surface area contributed by atoms with Crippen molar-refractivity contribution in [1.82, 2.24) is 4.90 Å². The maximum atomic E-state index is 11.9. The average molecular weight is 250 g/mol. The van der Waals surface area contributed by atoms with Crippen molar-refractivity contribution in [3.63, 3.8) is 0 Å². The fraction of sp³-hybridized carbons (Fsp3) is 0.455. The van der Waals surface area contributed by atoms with Gasteiger partial charge in [0.15, 0.2) is 5.78 Å². The number of ether oxygens (including phenoxy) is 1. The van der Waals surface area contributed by atoms with Crippen LogP contribution in [-0.2, 0) is 14.3 Å². The first kappa shape index (κ1) is 10.9. The van der Waals surface area contributed by atoms with Crippen molar-refractivity contribution in [2.75, 3.05) is 19.7 Å². The molecule has 0 spiro atoms. The van der Waals surface area contributed by atoms with Crippen molar-refractivity contribution in [3.05, 3.63) is 11.3 Å². The number of carbonyl (C=O) groups excluding carboxylic acids is 2. The molecule has 0 aromatic rings. The molecule has 3 rings (SSSR count). The largest absolute Gasteiger partial charge is 0.465 e. The van der Waals surface area contributed by atoms with Crippen LogP contribution in [0, 0.1) is 5.92 Å². The molecule has 3 heterocycles. The van der Waals surface area contributed by atoms with Crippen molar-refractivity contribution in [2.45, 2.75) is 6.42 Å². The first-order valence-electron chi connectivity index (χ1n) is 5.53. The predicted molar refractivity (Wildman–Crippen MR) is 58.1 cm³/mol. The highest BCUT2D eigenvalue weighted by Gasteiger charge is 2.41. The lowest BCUT2D eigenvalue weighted by molar-refractivity contribution is -0.141. The molecule has 18 heavy (non-hydrogen) atoms. The second-order valence-corrected chi connectivity index (χ2v) is 4.45. The molecular formula is C11H10N2O5. The third kappa shape index (κ3) is 1.51. The fourth-order valence-electron chi connectivity index (χ4n) is 2.40. The fourth-order valence-corrected chi connectivity index (χ4v) is 2.40. The lowest BCUT2D eigenvalue weighted by atomic mass is 9.88. The highest BCUT2D eigenvalue weighted by atomic mass is 16.5. The van der Waals surface area contributed by atoms with E-state index in [9.17, 15) is 14.4 Å². The number of carboxylic acid groups (broad SMARTS) is 1. The van der Waals surface area contributed by atoms with Gasteiger partial charge in [0.25, 0.3) is 0 Å². The van der Waals surface area contributed by atoms with Gasteiger partial charge >= 0.3 is 12.1 Å². The summed E-state index contributed by atoms with van der Waals surface area (Å²) in [6, 6.07) is 0. The molecule has 1 atom stereocenters. The molecule has 3 aliphatic rings. The van der Waals surface area contributed by atoms with E-state index in [0.717, 1.165) is 4.90 Å². The van der Waals surface area contributed by atoms with Crippen LogP contribution in [0.25, 0.3) is 0 Å². The number of nitrogens with zero attached hydrogens (tertiary/aromatic N) is 2. The highest BCUT2D eigenvalue weighted by molar-refractivity contribution is 6.11. The molecule has 1 unspecified atom stereocenters. The molecule has 1 saturated heterocycles. The zero-order valence-electron chi connectivity index (χ0n) is 9.38. The summed E-state index contributed by atoms with van der Waals surface area (Å²) in [6.07, 6.45) is -0.852. The minimum Gasteiger partial charge on any atom is -0.465 e. The van der Waals surface area contributed by atoms with Crippen molar-refractivity contribution in [1.29, 1.82) is 0 Å². The van der Waals surface area contributed by atoms with Gasteiger partial charge in [0.1, 0.15) is 12.5 Å². The third-order valence-electron chi connectivity index (χ3n) is 3.37. The van der Waals surface area contributed by atoms with E-state index in [1.165, 1.54) is 0 Å². The van der Waals surface area contributed by atoms with Gasteiger partial charge < -0.3 is 9.84 Å². The number of cyclic esters (lactones) is 1. The van der Waals surface area contributed by atoms with Crippen LogP contribution in [0.4, 0.5) is 4.79 Å². The van der Waals surface area contributed by atoms with Crippen LogP contribution in [0.3, 0.4) is 0 Å². The molecule has 0 saturated carbocycles. The van der Waals surface area contributed by atoms with E-state index in [2.05, 4.69) is 4.99 Å². The van der Waals surface area contributed by atoms with Gasteiger partial charge in [-0.2, -0.15) is 0 Å². The minimum absolute atomic E-state index is 0.0980. The number of rotatable bonds is 0. The highest BCUT2D eigenvalue weighted by Crippen LogP contribution is 2.32. The lowest BCUT2D eigenvalue weighted by Crippen LogP contribution is -2.42. The smallest absolute Gasteiger partial charge is 0.408 e. The van der Waals surface area contributed by atoms with Gasteiger partial charge in [-0.1, -0.05) is 0 Å². The number of hydrogen-bond acceptors (Lipinski definition) is 5. The minimum atomic E-state index is -1.14. The van der Waals surface area contributed by atoms with Gasteiger partial charge in [-0.3, -0.25) is 19.5 Å². The van der Waals surface area contributed by atoms with Crippen LogP contribution in [0.1, 0.15) is 6.42 Å². The summed E-state index contributed by atoms with van der Waals surface area (Å²) in [5.74, 6) is -1.08. The molecule has 3 aliphatic heterocycles. The molecule has 0 aromatic heterocycles. The second-order valence-electron chi connectivity index (χ2n) is 4.45. The summed E-state index contributed by atoms with van der Waals surface area (Å²) in [5.41, 5.74) is 1.53. The molecule has 94 valence electrons. The number of carbonyl (C=O) groups is 3. The number of fused-ring (bicyclic) bond motifs is 1. The summed E-state index contributed by atoms with van der Waals surface area (Å²) in [4.78, 5) is 39.4. The Labute approximate surface area is 102 Å². The van der Waals surface area contributed by atoms with Crippen LogP contribution in [-0.4, -0.2) is 53.3 Å². The number of Topliss-reactive ketones (excluding diaryl/α,β-unsaturated/α-hetero) is 1. The van der Waals surface area contributed by atoms with Crippen molar-refractivity contribution < 1.29 is 24.2 Å². The summed E-state index contributed by atoms with van der Waals surface area (Å²) >= 11 is 0. The monoisotopic (exact) mass is 250 g/mol. The summed E-state index contributed by atoms with van der Waals surface area (Å²) in [7, 11) is 0. The zero-order valence-corrected chi connectivity index (χ0v) is 9.38. The van der Waals surface area contributed by atoms with Crippen molar-refractivity contribution >= 4 is 23.6 Å². The quantitative estimate of drug-likeness (QED) is 0.601. The van der Waals surface area contributed by atoms with Gasteiger partial charge in [-0.05, 0) is 6.42 Å². The Hall–Kier alpha value is -2.18. The van der Waals surface area contributed by atoms with E-state index < -0.39 is 12.0 Å². The Kier molecular flexibility index (Phi) is 2.22. The number of amides is 1. The maximum Gasteiger partial charge on any atom is 0.408 e. The van der Waals surface area contributed by atoms with Crippen LogP contribution >= 0.6 is 0 Å². The normalized spacial score (nSPS) is 26.6. The number of ketones is 1. The first-order valence-corrected chi connectivity index (χ1v) is 5.53. The first-order chi connectivity index (χ1) is 8.56. The summed E-state index contributed by atoms with van der Waals surface area (Å²) in [5, 5.41) is 8.90. The second kappa shape index (κ2) is 3.66. The van der Waals surface area contributed by atoms with E-state index >= 15 is 0 Å². The molecule has 1 fully saturated rings. The standard InChI is InChI=1S/C11H10N2O5/c14-9-3-13(11(16)17)2-7-5(9)1-6-8(12-7)4-18-10(6)15/h6H,1-4H2,(H,16,17). The molecule has 7 heteroatoms. The predicted octanol–water partition coefficient (Wildman–Crippen LogP) is -0.179. The van der Waals surface area contributed by atoms with Crippen LogP contribution in [0.15, 0.2) is 16.3 Å². The lowest BCUT2D eigenvalue weighted by Gasteiger charge is -2.29. The average Bonchev–Trinajstić information content (AvgIpc) is 2.68. The maximum absolute atomic E-state index is 11.9. The number of aliphatic imine (C=N–C) groups is 1. The molecule has 1 N–H and O–H groups in total. The van der Waals surface area contributed by atoms with E-state index in [-0.39, 0.29) is 31.4 Å². The topological polar surface area (TPSA) is 96.3 Å². The molecular weight excluding hydrogens is 240 g/mol. The van der Waals surface area contributed by atoms with Crippen molar-refractivity contribution in [2.24, 2.45) is 10.9 Å². The molecule has 0 bridgehead atoms. The third-order valence-corrected chi connectivity index (χ3v) is 3.37. The van der Waals surface area contributed by atoms with Crippen LogP contribution in [0.5, 0.6) is 0 Å². The summed E-state index contributed by atoms with van der Waals surface area (Å²) < 4.78 is 4.88. The van der Waals surface area contributed by atoms with Gasteiger partial charge in [0.05, 0.1) is 24.5 Å². The van der Waals surface area contributed by atoms with E-state index in [1.807, 2.05) is 0 Å². The number of hydrogen-bond donors (Lipinski definition) is 1. The Morgan fingerprint density at radius 2 is 2.17 bits per heavy atom. The van der Waals surface area contributed by atoms with E-state index in [0.29, 0.717) is 23.4 Å². The molecule has 0 aliphatic carbocycles. The Bertz CT molecular complexity index is 534. The molecule has 1 amide bonds. The Morgan fingerprint density at radius 1 is 1.39 bits per heavy atom. The molecule has 0 radical (unpaired) electrons. The molecule has 7 nitrogen and oxygen atoms in total. The van der Waals surface area contributed by atoms with E-state index in [4.69, 9.17) is 9.84 Å². The van der Waals surface area contributed by atoms with Crippen LogP contribution < -0.4 is 0 Å². The summed E-state index contributed by atoms with van der Waals surface area (Å²) in [6.45, 7) is 0.0726. The van der Waals surface area contributed by atoms with Crippen molar-refractivity contribution in [3.8, 4) is 0 Å². The Morgan fingerprint density at radius 3 is 2.89 bits per heavy atom. The van der Waals surface area contributed by atoms with Gasteiger partial charge in [0, 0.05) is 5.57 Å². The van der Waals surface area contributed by atoms with Crippen LogP contribution in [0.2, 0.25) is 0 Å². The molecule has 0 aromatic carbocycles. The SMILES string of the molecule is O=C1CN(C(=O)O)CC2=C1CC1C(=O)OCC1=N2. The van der Waals surface area contributed by atoms with E-state index in [1.54, 1.807) is 0 Å². The van der Waals surface area contributed by atoms with Gasteiger partial charge in [-0.15, -0.1) is 0 Å². The Balaban J connectivity index is 1.95. The number of esters is 1. The van der Waals surface area contributed by atoms with Gasteiger partial charge in [-0.25, -0.2) is 4.79 Å². The van der Waals surface area contributed by atoms with Gasteiger partial charge in [0.2, 0.25) is 0 Å².